The maximum atomic E-state index is 15.7. The standard InChI is InChI=1S/C21H12BrF4N5OS/c22-19-8-5-15(33-19)4-1-13-2-7-18(27-10-13)21(25,26)20(32,11-31-12-28-29-30-31)16-6-3-14(23)9-17(16)24/h2-3,5-10,12,32H,11H2. The van der Waals surface area contributed by atoms with Crippen LogP contribution in [0.15, 0.2) is 58.8 Å². The Bertz CT molecular complexity index is 1330. The van der Waals surface area contributed by atoms with Gasteiger partial charge in [-0.15, -0.1) is 16.4 Å². The molecule has 0 amide bonds. The van der Waals surface area contributed by atoms with Gasteiger partial charge in [0.25, 0.3) is 0 Å². The molecule has 4 aromatic rings. The van der Waals surface area contributed by atoms with Crippen LogP contribution in [0.3, 0.4) is 0 Å². The Labute approximate surface area is 197 Å². The normalized spacial score (nSPS) is 13.3. The van der Waals surface area contributed by atoms with Crippen molar-refractivity contribution >= 4 is 27.3 Å². The molecule has 1 N–H and O–H groups in total. The maximum absolute atomic E-state index is 15.7. The van der Waals surface area contributed by atoms with Crippen molar-refractivity contribution < 1.29 is 22.7 Å². The quantitative estimate of drug-likeness (QED) is 0.304. The molecule has 1 aromatic carbocycles. The number of benzene rings is 1. The third kappa shape index (κ3) is 4.66. The summed E-state index contributed by atoms with van der Waals surface area (Å²) in [6.07, 6.45) is 2.11. The van der Waals surface area contributed by atoms with Gasteiger partial charge in [0.05, 0.1) is 15.2 Å². The number of aromatic nitrogens is 5. The lowest BCUT2D eigenvalue weighted by molar-refractivity contribution is -0.207. The van der Waals surface area contributed by atoms with Crippen LogP contribution in [0.2, 0.25) is 0 Å². The van der Waals surface area contributed by atoms with E-state index < -0.39 is 41.0 Å². The van der Waals surface area contributed by atoms with Crippen LogP contribution in [0, 0.1) is 23.5 Å². The van der Waals surface area contributed by atoms with E-state index in [9.17, 15) is 13.9 Å². The van der Waals surface area contributed by atoms with Crippen molar-refractivity contribution in [1.29, 1.82) is 0 Å². The Kier molecular flexibility index (Phi) is 6.29. The lowest BCUT2D eigenvalue weighted by Crippen LogP contribution is -2.48. The Hall–Kier alpha value is -3.14. The minimum atomic E-state index is -4.12. The summed E-state index contributed by atoms with van der Waals surface area (Å²) in [7, 11) is 0. The van der Waals surface area contributed by atoms with E-state index in [1.165, 1.54) is 17.4 Å². The van der Waals surface area contributed by atoms with Crippen molar-refractivity contribution in [3.63, 3.8) is 0 Å². The summed E-state index contributed by atoms with van der Waals surface area (Å²) in [4.78, 5) is 4.52. The fourth-order valence-corrected chi connectivity index (χ4v) is 4.29. The van der Waals surface area contributed by atoms with Crippen LogP contribution in [0.4, 0.5) is 17.6 Å². The summed E-state index contributed by atoms with van der Waals surface area (Å²) in [6.45, 7) is -0.925. The third-order valence-corrected chi connectivity index (χ3v) is 6.21. The summed E-state index contributed by atoms with van der Waals surface area (Å²) in [6, 6.07) is 7.86. The molecule has 1 atom stereocenters. The number of halogens is 5. The van der Waals surface area contributed by atoms with Crippen molar-refractivity contribution in [3.8, 4) is 11.8 Å². The third-order valence-electron chi connectivity index (χ3n) is 4.67. The number of hydrogen-bond acceptors (Lipinski definition) is 6. The van der Waals surface area contributed by atoms with Crippen molar-refractivity contribution in [3.05, 3.63) is 92.1 Å². The fourth-order valence-electron chi connectivity index (χ4n) is 3.05. The minimum Gasteiger partial charge on any atom is -0.377 e. The first-order chi connectivity index (χ1) is 15.7. The molecule has 0 aliphatic heterocycles. The zero-order valence-electron chi connectivity index (χ0n) is 16.4. The van der Waals surface area contributed by atoms with E-state index in [-0.39, 0.29) is 0 Å². The van der Waals surface area contributed by atoms with Crippen molar-refractivity contribution in [2.75, 3.05) is 0 Å². The topological polar surface area (TPSA) is 76.7 Å². The average Bonchev–Trinajstić information content (AvgIpc) is 3.43. The fraction of sp³-hybridized carbons (Fsp3) is 0.143. The molecule has 0 aliphatic carbocycles. The van der Waals surface area contributed by atoms with Crippen LogP contribution in [0.5, 0.6) is 0 Å². The molecule has 0 radical (unpaired) electrons. The lowest BCUT2D eigenvalue weighted by atomic mass is 9.84. The molecule has 12 heteroatoms. The molecule has 0 saturated heterocycles. The van der Waals surface area contributed by atoms with Crippen LogP contribution in [0.1, 0.15) is 21.7 Å². The monoisotopic (exact) mass is 537 g/mol. The van der Waals surface area contributed by atoms with Gasteiger partial charge in [-0.25, -0.2) is 13.5 Å². The van der Waals surface area contributed by atoms with Gasteiger partial charge in [0.15, 0.2) is 5.60 Å². The average molecular weight is 538 g/mol. The molecule has 0 saturated carbocycles. The Morgan fingerprint density at radius 1 is 1.09 bits per heavy atom. The van der Waals surface area contributed by atoms with Gasteiger partial charge in [0, 0.05) is 23.4 Å². The summed E-state index contributed by atoms with van der Waals surface area (Å²) in [5, 5.41) is 21.3. The first-order valence-electron chi connectivity index (χ1n) is 9.19. The summed E-state index contributed by atoms with van der Waals surface area (Å²) in [5.74, 6) is -0.756. The molecule has 0 spiro atoms. The second kappa shape index (κ2) is 9.01. The number of aliphatic hydroxyl groups is 1. The summed E-state index contributed by atoms with van der Waals surface area (Å²) >= 11 is 4.74. The van der Waals surface area contributed by atoms with E-state index in [0.29, 0.717) is 11.6 Å². The molecule has 4 rings (SSSR count). The van der Waals surface area contributed by atoms with Crippen molar-refractivity contribution in [1.82, 2.24) is 25.2 Å². The van der Waals surface area contributed by atoms with Gasteiger partial charge < -0.3 is 5.11 Å². The van der Waals surface area contributed by atoms with Gasteiger partial charge in [-0.3, -0.25) is 4.98 Å². The van der Waals surface area contributed by atoms with Gasteiger partial charge in [-0.2, -0.15) is 8.78 Å². The summed E-state index contributed by atoms with van der Waals surface area (Å²) in [5.41, 5.74) is -4.51. The summed E-state index contributed by atoms with van der Waals surface area (Å²) < 4.78 is 60.9. The Morgan fingerprint density at radius 2 is 1.91 bits per heavy atom. The molecular formula is C21H12BrF4N5OS. The SMILES string of the molecule is OC(Cn1cnnn1)(c1ccc(F)cc1F)C(F)(F)c1ccc(C#Cc2ccc(Br)s2)cn1. The van der Waals surface area contributed by atoms with E-state index in [0.717, 1.165) is 44.1 Å². The lowest BCUT2D eigenvalue weighted by Gasteiger charge is -2.35. The first kappa shape index (κ1) is 23.0. The largest absolute Gasteiger partial charge is 0.377 e. The highest BCUT2D eigenvalue weighted by molar-refractivity contribution is 9.11. The second-order valence-corrected chi connectivity index (χ2v) is 9.32. The number of nitrogens with zero attached hydrogens (tertiary/aromatic N) is 5. The predicted molar refractivity (Wildman–Crippen MR) is 114 cm³/mol. The molecule has 168 valence electrons. The molecule has 1 unspecified atom stereocenters. The van der Waals surface area contributed by atoms with Crippen LogP contribution in [-0.2, 0) is 18.1 Å². The van der Waals surface area contributed by atoms with E-state index in [1.807, 2.05) is 6.07 Å². The van der Waals surface area contributed by atoms with Gasteiger partial charge in [-0.1, -0.05) is 11.8 Å². The molecule has 3 heterocycles. The smallest absolute Gasteiger partial charge is 0.323 e. The molecule has 0 bridgehead atoms. The first-order valence-corrected chi connectivity index (χ1v) is 10.8. The molecule has 6 nitrogen and oxygen atoms in total. The van der Waals surface area contributed by atoms with Crippen LogP contribution in [-0.4, -0.2) is 30.3 Å². The van der Waals surface area contributed by atoms with E-state index in [1.54, 1.807) is 6.07 Å². The van der Waals surface area contributed by atoms with E-state index in [2.05, 4.69) is 48.3 Å². The maximum Gasteiger partial charge on any atom is 0.323 e. The molecular weight excluding hydrogens is 526 g/mol. The zero-order valence-corrected chi connectivity index (χ0v) is 18.8. The number of thiophene rings is 1. The highest BCUT2D eigenvalue weighted by atomic mass is 79.9. The predicted octanol–water partition coefficient (Wildman–Crippen LogP) is 4.25. The molecule has 0 fully saturated rings. The van der Waals surface area contributed by atoms with Crippen molar-refractivity contribution in [2.45, 2.75) is 18.1 Å². The molecule has 3 aromatic heterocycles. The van der Waals surface area contributed by atoms with Crippen LogP contribution in [0.25, 0.3) is 0 Å². The van der Waals surface area contributed by atoms with Crippen LogP contribution >= 0.6 is 27.3 Å². The highest BCUT2D eigenvalue weighted by Gasteiger charge is 2.57. The minimum absolute atomic E-state index is 0.357. The van der Waals surface area contributed by atoms with Gasteiger partial charge in [-0.05, 0) is 62.8 Å². The van der Waals surface area contributed by atoms with E-state index in [4.69, 9.17) is 0 Å². The molecule has 33 heavy (non-hydrogen) atoms. The number of rotatable bonds is 5. The number of hydrogen-bond donors (Lipinski definition) is 1. The second-order valence-electron chi connectivity index (χ2n) is 6.85. The van der Waals surface area contributed by atoms with E-state index >= 15 is 8.78 Å². The Morgan fingerprint density at radius 3 is 2.52 bits per heavy atom. The van der Waals surface area contributed by atoms with Crippen LogP contribution < -0.4 is 0 Å². The van der Waals surface area contributed by atoms with Gasteiger partial charge in [0.1, 0.15) is 23.7 Å². The number of pyridine rings is 1. The van der Waals surface area contributed by atoms with Crippen molar-refractivity contribution in [2.24, 2.45) is 0 Å². The molecule has 0 aliphatic rings. The zero-order chi connectivity index (χ0) is 23.6. The Balaban J connectivity index is 1.72. The highest BCUT2D eigenvalue weighted by Crippen LogP contribution is 2.46. The number of tetrazole rings is 1. The van der Waals surface area contributed by atoms with Gasteiger partial charge in [0.2, 0.25) is 0 Å². The number of alkyl halides is 2. The van der Waals surface area contributed by atoms with Gasteiger partial charge >= 0.3 is 5.92 Å².